The Bertz CT molecular complexity index is 944. The fraction of sp³-hybridized carbons (Fsp3) is 0.353. The van der Waals surface area contributed by atoms with E-state index in [1.807, 2.05) is 4.90 Å². The third kappa shape index (κ3) is 4.39. The van der Waals surface area contributed by atoms with Gasteiger partial charge in [-0.1, -0.05) is 11.6 Å². The van der Waals surface area contributed by atoms with Crippen LogP contribution in [0.5, 0.6) is 0 Å². The average molecular weight is 438 g/mol. The lowest BCUT2D eigenvalue weighted by Gasteiger charge is -2.36. The third-order valence-electron chi connectivity index (χ3n) is 4.40. The van der Waals surface area contributed by atoms with Crippen LogP contribution in [0.1, 0.15) is 5.69 Å². The van der Waals surface area contributed by atoms with Crippen molar-refractivity contribution in [2.45, 2.75) is 16.9 Å². The molecule has 11 heteroatoms. The fourth-order valence-electron chi connectivity index (χ4n) is 2.97. The number of rotatable bonds is 4. The molecule has 1 aromatic heterocycles. The summed E-state index contributed by atoms with van der Waals surface area (Å²) in [5, 5.41) is 0.517. The van der Waals surface area contributed by atoms with Crippen molar-refractivity contribution >= 4 is 27.1 Å². The number of pyridine rings is 1. The van der Waals surface area contributed by atoms with Gasteiger partial charge in [0.05, 0.1) is 16.4 Å². The van der Waals surface area contributed by atoms with Gasteiger partial charge in [0, 0.05) is 38.9 Å². The summed E-state index contributed by atoms with van der Waals surface area (Å²) < 4.78 is 76.1. The first-order chi connectivity index (χ1) is 13.1. The van der Waals surface area contributed by atoms with Gasteiger partial charge in [0.25, 0.3) is 9.84 Å². The third-order valence-corrected chi connectivity index (χ3v) is 6.14. The van der Waals surface area contributed by atoms with Gasteiger partial charge >= 0.3 is 5.51 Å². The van der Waals surface area contributed by atoms with Crippen molar-refractivity contribution in [3.8, 4) is 0 Å². The monoisotopic (exact) mass is 437 g/mol. The molecule has 0 radical (unpaired) electrons. The van der Waals surface area contributed by atoms with Gasteiger partial charge in [-0.15, -0.1) is 0 Å². The maximum absolute atomic E-state index is 13.5. The van der Waals surface area contributed by atoms with Crippen molar-refractivity contribution in [1.82, 2.24) is 9.88 Å². The summed E-state index contributed by atoms with van der Waals surface area (Å²) in [6.07, 6.45) is 1.53. The Hall–Kier alpha value is -1.91. The van der Waals surface area contributed by atoms with Crippen molar-refractivity contribution in [2.24, 2.45) is 0 Å². The topological polar surface area (TPSA) is 53.5 Å². The van der Waals surface area contributed by atoms with Crippen LogP contribution in [0.3, 0.4) is 0 Å². The van der Waals surface area contributed by atoms with Gasteiger partial charge in [-0.3, -0.25) is 9.88 Å². The van der Waals surface area contributed by atoms with Crippen LogP contribution >= 0.6 is 11.6 Å². The number of benzene rings is 1. The van der Waals surface area contributed by atoms with Crippen LogP contribution in [0.15, 0.2) is 41.4 Å². The normalized spacial score (nSPS) is 16.4. The number of halogens is 5. The van der Waals surface area contributed by atoms with Crippen LogP contribution in [0.2, 0.25) is 5.02 Å². The Morgan fingerprint density at radius 3 is 2.32 bits per heavy atom. The minimum atomic E-state index is -5.66. The summed E-state index contributed by atoms with van der Waals surface area (Å²) >= 11 is 5.80. The Morgan fingerprint density at radius 1 is 1.07 bits per heavy atom. The number of hydrogen-bond donors (Lipinski definition) is 0. The number of piperazine rings is 1. The number of anilines is 1. The maximum Gasteiger partial charge on any atom is 0.501 e. The highest BCUT2D eigenvalue weighted by molar-refractivity contribution is 7.92. The molecule has 1 aromatic carbocycles. The van der Waals surface area contributed by atoms with Crippen molar-refractivity contribution < 1.29 is 26.0 Å². The van der Waals surface area contributed by atoms with E-state index >= 15 is 0 Å². The molecule has 0 N–H and O–H groups in total. The van der Waals surface area contributed by atoms with Crippen LogP contribution in [-0.2, 0) is 16.4 Å². The van der Waals surface area contributed by atoms with E-state index in [0.717, 1.165) is 17.8 Å². The van der Waals surface area contributed by atoms with Crippen LogP contribution < -0.4 is 4.90 Å². The summed E-state index contributed by atoms with van der Waals surface area (Å²) in [4.78, 5) is 6.69. The lowest BCUT2D eigenvalue weighted by molar-refractivity contribution is -0.0435. The first-order valence-corrected chi connectivity index (χ1v) is 10.1. The smallest absolute Gasteiger partial charge is 0.368 e. The first-order valence-electron chi connectivity index (χ1n) is 8.26. The highest BCUT2D eigenvalue weighted by atomic mass is 35.5. The van der Waals surface area contributed by atoms with Gasteiger partial charge in [0.1, 0.15) is 10.7 Å². The Morgan fingerprint density at radius 2 is 1.75 bits per heavy atom. The quantitative estimate of drug-likeness (QED) is 0.685. The fourth-order valence-corrected chi connectivity index (χ4v) is 4.07. The molecule has 0 saturated carbocycles. The summed E-state index contributed by atoms with van der Waals surface area (Å²) in [5.74, 6) is -1.04. The second-order valence-electron chi connectivity index (χ2n) is 6.29. The van der Waals surface area contributed by atoms with Crippen molar-refractivity contribution in [3.63, 3.8) is 0 Å². The van der Waals surface area contributed by atoms with Crippen LogP contribution in [0.25, 0.3) is 0 Å². The minimum Gasteiger partial charge on any atom is -0.368 e. The molecule has 1 saturated heterocycles. The molecule has 2 heterocycles. The zero-order chi connectivity index (χ0) is 20.5. The molecular weight excluding hydrogens is 422 g/mol. The number of nitrogens with zero attached hydrogens (tertiary/aromatic N) is 3. The molecule has 5 nitrogen and oxygen atoms in total. The molecule has 1 fully saturated rings. The minimum absolute atomic E-state index is 0.150. The Labute approximate surface area is 164 Å². The lowest BCUT2D eigenvalue weighted by Crippen LogP contribution is -2.46. The second kappa shape index (κ2) is 7.84. The van der Waals surface area contributed by atoms with Crippen LogP contribution in [-0.4, -0.2) is 50.0 Å². The largest absolute Gasteiger partial charge is 0.501 e. The highest BCUT2D eigenvalue weighted by Crippen LogP contribution is 2.36. The predicted molar refractivity (Wildman–Crippen MR) is 96.4 cm³/mol. The number of alkyl halides is 3. The van der Waals surface area contributed by atoms with Crippen molar-refractivity contribution in [2.75, 3.05) is 31.1 Å². The van der Waals surface area contributed by atoms with Crippen LogP contribution in [0.4, 0.5) is 23.2 Å². The van der Waals surface area contributed by atoms with E-state index < -0.39 is 26.1 Å². The van der Waals surface area contributed by atoms with E-state index in [2.05, 4.69) is 4.98 Å². The van der Waals surface area contributed by atoms with E-state index in [4.69, 9.17) is 11.6 Å². The van der Waals surface area contributed by atoms with Gasteiger partial charge in [-0.25, -0.2) is 12.8 Å². The molecule has 0 spiro atoms. The van der Waals surface area contributed by atoms with E-state index in [1.165, 1.54) is 11.1 Å². The van der Waals surface area contributed by atoms with Gasteiger partial charge in [0.15, 0.2) is 0 Å². The molecule has 152 valence electrons. The van der Waals surface area contributed by atoms with Crippen molar-refractivity contribution in [3.05, 3.63) is 53.1 Å². The first kappa shape index (κ1) is 20.8. The maximum atomic E-state index is 13.5. The molecule has 0 amide bonds. The zero-order valence-corrected chi connectivity index (χ0v) is 16.0. The molecule has 2 aromatic rings. The van der Waals surface area contributed by atoms with E-state index in [9.17, 15) is 26.0 Å². The standard InChI is InChI=1S/C17H16ClF4N3O2S/c18-12-1-3-14(23-10-12)11-24-5-7-25(8-6-24)15-4-2-13(19)9-16(15)28(26,27)17(20,21)22/h1-4,9-10H,5-8,11H2. The van der Waals surface area contributed by atoms with Gasteiger partial charge < -0.3 is 4.90 Å². The molecular formula is C17H16ClF4N3O2S. The highest BCUT2D eigenvalue weighted by Gasteiger charge is 2.48. The Balaban J connectivity index is 1.77. The van der Waals surface area contributed by atoms with E-state index in [1.54, 1.807) is 12.1 Å². The molecule has 0 aliphatic carbocycles. The predicted octanol–water partition coefficient (Wildman–Crippen LogP) is 3.49. The molecule has 0 bridgehead atoms. The van der Waals surface area contributed by atoms with Crippen LogP contribution in [0, 0.1) is 5.82 Å². The van der Waals surface area contributed by atoms with E-state index in [0.29, 0.717) is 43.8 Å². The molecule has 0 unspecified atom stereocenters. The summed E-state index contributed by atoms with van der Waals surface area (Å²) in [6.45, 7) is 2.07. The molecule has 28 heavy (non-hydrogen) atoms. The number of hydrogen-bond acceptors (Lipinski definition) is 5. The lowest BCUT2D eigenvalue weighted by atomic mass is 10.2. The molecule has 1 aliphatic heterocycles. The van der Waals surface area contributed by atoms with Gasteiger partial charge in [-0.2, -0.15) is 13.2 Å². The number of aromatic nitrogens is 1. The molecule has 1 aliphatic rings. The zero-order valence-electron chi connectivity index (χ0n) is 14.5. The van der Waals surface area contributed by atoms with Gasteiger partial charge in [0.2, 0.25) is 0 Å². The summed E-state index contributed by atoms with van der Waals surface area (Å²) in [7, 11) is -5.66. The Kier molecular flexibility index (Phi) is 5.83. The summed E-state index contributed by atoms with van der Waals surface area (Å²) in [6, 6.07) is 5.94. The van der Waals surface area contributed by atoms with E-state index in [-0.39, 0.29) is 5.69 Å². The average Bonchev–Trinajstić information content (AvgIpc) is 2.63. The SMILES string of the molecule is O=S(=O)(c1cc(F)ccc1N1CCN(Cc2ccc(Cl)cn2)CC1)C(F)(F)F. The van der Waals surface area contributed by atoms with Crippen molar-refractivity contribution in [1.29, 1.82) is 0 Å². The van der Waals surface area contributed by atoms with Gasteiger partial charge in [-0.05, 0) is 30.3 Å². The molecule has 3 rings (SSSR count). The second-order valence-corrected chi connectivity index (χ2v) is 8.64. The number of sulfone groups is 1. The molecule has 0 atom stereocenters. The summed E-state index contributed by atoms with van der Waals surface area (Å²) in [5.41, 5.74) is -4.86.